The van der Waals surface area contributed by atoms with Crippen LogP contribution in [0.1, 0.15) is 39.5 Å². The molecule has 2 atom stereocenters. The Balaban J connectivity index is 2.20. The molecule has 0 saturated carbocycles. The van der Waals surface area contributed by atoms with E-state index in [1.54, 1.807) is 0 Å². The highest BCUT2D eigenvalue weighted by atomic mass is 16.3. The van der Waals surface area contributed by atoms with E-state index in [1.165, 1.54) is 32.4 Å². The van der Waals surface area contributed by atoms with Crippen molar-refractivity contribution in [2.75, 3.05) is 32.8 Å². The summed E-state index contributed by atoms with van der Waals surface area (Å²) >= 11 is 0. The van der Waals surface area contributed by atoms with Crippen LogP contribution in [0.25, 0.3) is 0 Å². The molecule has 16 heavy (non-hydrogen) atoms. The van der Waals surface area contributed by atoms with Gasteiger partial charge in [-0.1, -0.05) is 20.3 Å². The van der Waals surface area contributed by atoms with Crippen molar-refractivity contribution in [3.8, 4) is 0 Å². The number of rotatable bonds is 8. The molecule has 0 spiro atoms. The average Bonchev–Trinajstić information content (AvgIpc) is 2.72. The summed E-state index contributed by atoms with van der Waals surface area (Å²) in [6, 6.07) is 0.264. The van der Waals surface area contributed by atoms with E-state index in [-0.39, 0.29) is 12.6 Å². The molecule has 1 rings (SSSR count). The fourth-order valence-electron chi connectivity index (χ4n) is 2.57. The normalized spacial score (nSPS) is 23.8. The van der Waals surface area contributed by atoms with Crippen molar-refractivity contribution in [3.05, 3.63) is 0 Å². The molecule has 0 aromatic heterocycles. The van der Waals surface area contributed by atoms with Gasteiger partial charge >= 0.3 is 0 Å². The van der Waals surface area contributed by atoms with Crippen LogP contribution in [0, 0.1) is 5.92 Å². The Bertz CT molecular complexity index is 175. The van der Waals surface area contributed by atoms with Gasteiger partial charge in [0.15, 0.2) is 0 Å². The van der Waals surface area contributed by atoms with Gasteiger partial charge in [-0.2, -0.15) is 0 Å². The minimum Gasteiger partial charge on any atom is -0.395 e. The Morgan fingerprint density at radius 2 is 2.19 bits per heavy atom. The predicted octanol–water partition coefficient (Wildman–Crippen LogP) is 1.47. The first-order valence-corrected chi connectivity index (χ1v) is 6.86. The monoisotopic (exact) mass is 228 g/mol. The lowest BCUT2D eigenvalue weighted by atomic mass is 10.0. The van der Waals surface area contributed by atoms with Crippen molar-refractivity contribution in [1.82, 2.24) is 10.2 Å². The summed E-state index contributed by atoms with van der Waals surface area (Å²) in [7, 11) is 0. The maximum Gasteiger partial charge on any atom is 0.0597 e. The van der Waals surface area contributed by atoms with Gasteiger partial charge in [-0.3, -0.25) is 0 Å². The summed E-state index contributed by atoms with van der Waals surface area (Å²) in [5, 5.41) is 12.7. The first-order chi connectivity index (χ1) is 7.80. The van der Waals surface area contributed by atoms with Crippen LogP contribution >= 0.6 is 0 Å². The van der Waals surface area contributed by atoms with Crippen LogP contribution < -0.4 is 5.32 Å². The van der Waals surface area contributed by atoms with Gasteiger partial charge in [0.25, 0.3) is 0 Å². The number of hydrogen-bond acceptors (Lipinski definition) is 3. The van der Waals surface area contributed by atoms with Gasteiger partial charge in [0.05, 0.1) is 6.61 Å². The number of aliphatic hydroxyl groups is 1. The van der Waals surface area contributed by atoms with Crippen LogP contribution in [-0.4, -0.2) is 48.8 Å². The van der Waals surface area contributed by atoms with Crippen LogP contribution in [0.5, 0.6) is 0 Å². The lowest BCUT2D eigenvalue weighted by molar-refractivity contribution is 0.195. The summed E-state index contributed by atoms with van der Waals surface area (Å²) in [5.74, 6) is 0.899. The molecule has 0 radical (unpaired) electrons. The molecule has 2 unspecified atom stereocenters. The van der Waals surface area contributed by atoms with Crippen LogP contribution in [0.3, 0.4) is 0 Å². The maximum atomic E-state index is 9.29. The first-order valence-electron chi connectivity index (χ1n) is 6.86. The van der Waals surface area contributed by atoms with E-state index in [1.807, 2.05) is 0 Å². The Kier molecular flexibility index (Phi) is 7.01. The molecular formula is C13H28N2O. The zero-order valence-electron chi connectivity index (χ0n) is 10.9. The molecule has 0 aliphatic carbocycles. The second-order valence-corrected chi connectivity index (χ2v) is 5.04. The molecular weight excluding hydrogens is 200 g/mol. The lowest BCUT2D eigenvalue weighted by Crippen LogP contribution is -2.43. The summed E-state index contributed by atoms with van der Waals surface area (Å²) < 4.78 is 0. The van der Waals surface area contributed by atoms with E-state index in [9.17, 15) is 5.11 Å². The van der Waals surface area contributed by atoms with Crippen molar-refractivity contribution < 1.29 is 5.11 Å². The van der Waals surface area contributed by atoms with Crippen LogP contribution in [-0.2, 0) is 0 Å². The highest BCUT2D eigenvalue weighted by Crippen LogP contribution is 2.20. The molecule has 1 fully saturated rings. The quantitative estimate of drug-likeness (QED) is 0.660. The van der Waals surface area contributed by atoms with E-state index in [2.05, 4.69) is 24.1 Å². The van der Waals surface area contributed by atoms with E-state index in [0.717, 1.165) is 25.4 Å². The molecule has 3 nitrogen and oxygen atoms in total. The molecule has 0 aromatic carbocycles. The highest BCUT2D eigenvalue weighted by molar-refractivity contribution is 4.79. The van der Waals surface area contributed by atoms with Crippen molar-refractivity contribution in [3.63, 3.8) is 0 Å². The Hall–Kier alpha value is -0.120. The summed E-state index contributed by atoms with van der Waals surface area (Å²) in [4.78, 5) is 2.50. The van der Waals surface area contributed by atoms with Crippen LogP contribution in [0.2, 0.25) is 0 Å². The smallest absolute Gasteiger partial charge is 0.0597 e. The molecule has 1 aliphatic heterocycles. The van der Waals surface area contributed by atoms with E-state index in [4.69, 9.17) is 0 Å². The van der Waals surface area contributed by atoms with Gasteiger partial charge in [0.1, 0.15) is 0 Å². The minimum absolute atomic E-state index is 0.259. The lowest BCUT2D eigenvalue weighted by Gasteiger charge is -2.23. The molecule has 2 N–H and O–H groups in total. The topological polar surface area (TPSA) is 35.5 Å². The third-order valence-electron chi connectivity index (χ3n) is 3.45. The van der Waals surface area contributed by atoms with Gasteiger partial charge in [-0.05, 0) is 38.3 Å². The zero-order valence-corrected chi connectivity index (χ0v) is 10.9. The van der Waals surface area contributed by atoms with E-state index >= 15 is 0 Å². The average molecular weight is 228 g/mol. The second kappa shape index (κ2) is 8.04. The number of likely N-dealkylation sites (tertiary alicyclic amines) is 1. The van der Waals surface area contributed by atoms with Crippen molar-refractivity contribution in [2.24, 2.45) is 5.92 Å². The van der Waals surface area contributed by atoms with Crippen molar-refractivity contribution >= 4 is 0 Å². The molecule has 1 saturated heterocycles. The van der Waals surface area contributed by atoms with Crippen LogP contribution in [0.4, 0.5) is 0 Å². The Morgan fingerprint density at radius 1 is 1.38 bits per heavy atom. The molecule has 96 valence electrons. The summed E-state index contributed by atoms with van der Waals surface area (Å²) in [6.07, 6.45) is 5.15. The molecule has 0 aromatic rings. The summed E-state index contributed by atoms with van der Waals surface area (Å²) in [6.45, 7) is 9.16. The second-order valence-electron chi connectivity index (χ2n) is 5.04. The zero-order chi connectivity index (χ0) is 11.8. The number of hydrogen-bond donors (Lipinski definition) is 2. The highest BCUT2D eigenvalue weighted by Gasteiger charge is 2.23. The fraction of sp³-hybridized carbons (Fsp3) is 1.00. The van der Waals surface area contributed by atoms with Gasteiger partial charge in [0.2, 0.25) is 0 Å². The predicted molar refractivity (Wildman–Crippen MR) is 68.6 cm³/mol. The molecule has 1 heterocycles. The van der Waals surface area contributed by atoms with Gasteiger partial charge < -0.3 is 15.3 Å². The largest absolute Gasteiger partial charge is 0.395 e. The van der Waals surface area contributed by atoms with Gasteiger partial charge in [-0.15, -0.1) is 0 Å². The number of aliphatic hydroxyl groups excluding tert-OH is 1. The third-order valence-corrected chi connectivity index (χ3v) is 3.45. The van der Waals surface area contributed by atoms with Gasteiger partial charge in [0, 0.05) is 19.1 Å². The van der Waals surface area contributed by atoms with Gasteiger partial charge in [-0.25, -0.2) is 0 Å². The van der Waals surface area contributed by atoms with E-state index < -0.39 is 0 Å². The first kappa shape index (κ1) is 13.9. The standard InChI is InChI=1S/C13H28N2O/c1-3-5-12-6-8-15(9-12)10-13(11-16)14-7-4-2/h12-14,16H,3-11H2,1-2H3. The molecule has 1 aliphatic rings. The van der Waals surface area contributed by atoms with Crippen molar-refractivity contribution in [2.45, 2.75) is 45.6 Å². The third kappa shape index (κ3) is 4.81. The molecule has 0 bridgehead atoms. The number of nitrogens with one attached hydrogen (secondary N) is 1. The van der Waals surface area contributed by atoms with Crippen molar-refractivity contribution in [1.29, 1.82) is 0 Å². The van der Waals surface area contributed by atoms with Crippen LogP contribution in [0.15, 0.2) is 0 Å². The maximum absolute atomic E-state index is 9.29. The molecule has 0 amide bonds. The SMILES string of the molecule is CCCNC(CO)CN1CCC(CCC)C1. The van der Waals surface area contributed by atoms with E-state index in [0.29, 0.717) is 0 Å². The Labute approximate surface area is 100 Å². The minimum atomic E-state index is 0.259. The number of nitrogens with zero attached hydrogens (tertiary/aromatic N) is 1. The Morgan fingerprint density at radius 3 is 2.81 bits per heavy atom. The summed E-state index contributed by atoms with van der Waals surface area (Å²) in [5.41, 5.74) is 0. The molecule has 3 heteroatoms. The fourth-order valence-corrected chi connectivity index (χ4v) is 2.57.